The zero-order valence-corrected chi connectivity index (χ0v) is 13.5. The van der Waals surface area contributed by atoms with E-state index in [2.05, 4.69) is 4.90 Å². The first kappa shape index (κ1) is 16.4. The lowest BCUT2D eigenvalue weighted by Gasteiger charge is -2.43. The summed E-state index contributed by atoms with van der Waals surface area (Å²) in [5, 5.41) is 0. The molecule has 1 aromatic heterocycles. The van der Waals surface area contributed by atoms with E-state index in [0.717, 1.165) is 19.6 Å². The van der Waals surface area contributed by atoms with Crippen LogP contribution >= 0.6 is 0 Å². The number of morpholine rings is 1. The van der Waals surface area contributed by atoms with Gasteiger partial charge in [0.15, 0.2) is 5.76 Å². The number of amides is 1. The highest BCUT2D eigenvalue weighted by molar-refractivity contribution is 5.91. The molecule has 23 heavy (non-hydrogen) atoms. The minimum atomic E-state index is -0.481. The highest BCUT2D eigenvalue weighted by atomic mass is 16.5. The Morgan fingerprint density at radius 1 is 1.35 bits per heavy atom. The molecular weight excluding hydrogens is 300 g/mol. The minimum Gasteiger partial charge on any atom is -0.459 e. The van der Waals surface area contributed by atoms with Crippen molar-refractivity contribution >= 4 is 5.91 Å². The van der Waals surface area contributed by atoms with Crippen LogP contribution in [-0.2, 0) is 14.2 Å². The second kappa shape index (κ2) is 7.44. The number of furan rings is 1. The van der Waals surface area contributed by atoms with Gasteiger partial charge in [-0.25, -0.2) is 0 Å². The van der Waals surface area contributed by atoms with Crippen molar-refractivity contribution in [2.75, 3.05) is 66.3 Å². The van der Waals surface area contributed by atoms with E-state index in [-0.39, 0.29) is 5.91 Å². The maximum atomic E-state index is 12.5. The van der Waals surface area contributed by atoms with Crippen LogP contribution in [-0.4, -0.2) is 87.6 Å². The predicted octanol–water partition coefficient (Wildman–Crippen LogP) is 0.469. The van der Waals surface area contributed by atoms with Gasteiger partial charge in [0.1, 0.15) is 5.60 Å². The molecule has 0 bridgehead atoms. The summed E-state index contributed by atoms with van der Waals surface area (Å²) < 4.78 is 22.2. The van der Waals surface area contributed by atoms with Gasteiger partial charge >= 0.3 is 0 Å². The number of ether oxygens (including phenoxy) is 3. The lowest BCUT2D eigenvalue weighted by molar-refractivity contribution is -0.133. The summed E-state index contributed by atoms with van der Waals surface area (Å²) in [6, 6.07) is 3.42. The summed E-state index contributed by atoms with van der Waals surface area (Å²) in [4.78, 5) is 16.6. The van der Waals surface area contributed by atoms with E-state index >= 15 is 0 Å². The number of carbonyl (C=O) groups is 1. The smallest absolute Gasteiger partial charge is 0.289 e. The molecule has 2 saturated heterocycles. The number of rotatable bonds is 4. The maximum absolute atomic E-state index is 12.5. The monoisotopic (exact) mass is 324 g/mol. The van der Waals surface area contributed by atoms with Crippen molar-refractivity contribution in [1.29, 1.82) is 0 Å². The number of nitrogens with zero attached hydrogens (tertiary/aromatic N) is 2. The van der Waals surface area contributed by atoms with Gasteiger partial charge in [-0.1, -0.05) is 0 Å². The molecule has 7 nitrogen and oxygen atoms in total. The molecule has 3 rings (SSSR count). The van der Waals surface area contributed by atoms with E-state index in [1.165, 1.54) is 6.26 Å². The van der Waals surface area contributed by atoms with Crippen molar-refractivity contribution in [3.05, 3.63) is 24.2 Å². The van der Waals surface area contributed by atoms with E-state index in [9.17, 15) is 4.79 Å². The van der Waals surface area contributed by atoms with Crippen LogP contribution in [0.2, 0.25) is 0 Å². The van der Waals surface area contributed by atoms with E-state index < -0.39 is 5.60 Å². The third-order valence-electron chi connectivity index (χ3n) is 4.31. The van der Waals surface area contributed by atoms with Gasteiger partial charge in [-0.3, -0.25) is 9.69 Å². The number of methoxy groups -OCH3 is 1. The van der Waals surface area contributed by atoms with Crippen LogP contribution in [0.5, 0.6) is 0 Å². The average molecular weight is 324 g/mol. The van der Waals surface area contributed by atoms with Crippen molar-refractivity contribution in [2.45, 2.75) is 5.60 Å². The molecule has 7 heteroatoms. The second-order valence-electron chi connectivity index (χ2n) is 6.06. The van der Waals surface area contributed by atoms with Gasteiger partial charge in [0, 0.05) is 33.3 Å². The summed E-state index contributed by atoms with van der Waals surface area (Å²) in [5.74, 6) is 0.276. The molecule has 0 aliphatic carbocycles. The Morgan fingerprint density at radius 3 is 3.04 bits per heavy atom. The molecule has 3 heterocycles. The Hall–Kier alpha value is -1.41. The van der Waals surface area contributed by atoms with Crippen molar-refractivity contribution in [1.82, 2.24) is 9.80 Å². The third-order valence-corrected chi connectivity index (χ3v) is 4.31. The van der Waals surface area contributed by atoms with E-state index in [4.69, 9.17) is 18.6 Å². The molecule has 1 unspecified atom stereocenters. The molecule has 0 aromatic carbocycles. The topological polar surface area (TPSA) is 64.4 Å². The fourth-order valence-electron chi connectivity index (χ4n) is 3.15. The number of carbonyl (C=O) groups excluding carboxylic acids is 1. The van der Waals surface area contributed by atoms with Gasteiger partial charge in [-0.05, 0) is 12.1 Å². The molecule has 1 spiro atoms. The van der Waals surface area contributed by atoms with Gasteiger partial charge in [-0.2, -0.15) is 0 Å². The van der Waals surface area contributed by atoms with Crippen molar-refractivity contribution in [3.8, 4) is 0 Å². The summed E-state index contributed by atoms with van der Waals surface area (Å²) in [5.41, 5.74) is -0.481. The van der Waals surface area contributed by atoms with Gasteiger partial charge in [-0.15, -0.1) is 0 Å². The Kier molecular flexibility index (Phi) is 5.32. The fourth-order valence-corrected chi connectivity index (χ4v) is 3.15. The Labute approximate surface area is 136 Å². The van der Waals surface area contributed by atoms with E-state index in [1.807, 2.05) is 0 Å². The standard InChI is InChI=1S/C16H24N2O5/c1-20-8-4-17-5-9-21-13-16(11-17)12-18(6-10-23-16)15(19)14-3-2-7-22-14/h2-3,7H,4-6,8-13H2,1H3. The maximum Gasteiger partial charge on any atom is 0.289 e. The molecule has 1 aromatic rings. The van der Waals surface area contributed by atoms with E-state index in [1.54, 1.807) is 24.1 Å². The van der Waals surface area contributed by atoms with E-state index in [0.29, 0.717) is 45.3 Å². The minimum absolute atomic E-state index is 0.0923. The highest BCUT2D eigenvalue weighted by Gasteiger charge is 2.42. The van der Waals surface area contributed by atoms with Crippen molar-refractivity contribution < 1.29 is 23.4 Å². The quantitative estimate of drug-likeness (QED) is 0.802. The van der Waals surface area contributed by atoms with Crippen molar-refractivity contribution in [2.24, 2.45) is 0 Å². The first-order valence-corrected chi connectivity index (χ1v) is 7.98. The predicted molar refractivity (Wildman–Crippen MR) is 82.4 cm³/mol. The summed E-state index contributed by atoms with van der Waals surface area (Å²) in [6.45, 7) is 5.84. The second-order valence-corrected chi connectivity index (χ2v) is 6.06. The van der Waals surface area contributed by atoms with Gasteiger partial charge in [0.25, 0.3) is 5.91 Å². The van der Waals surface area contributed by atoms with Crippen LogP contribution in [0.25, 0.3) is 0 Å². The molecule has 2 aliphatic rings. The molecule has 128 valence electrons. The molecule has 0 N–H and O–H groups in total. The third kappa shape index (κ3) is 3.92. The van der Waals surface area contributed by atoms with Gasteiger partial charge in [0.2, 0.25) is 0 Å². The Balaban J connectivity index is 1.68. The lowest BCUT2D eigenvalue weighted by atomic mass is 10.0. The highest BCUT2D eigenvalue weighted by Crippen LogP contribution is 2.24. The van der Waals surface area contributed by atoms with Crippen LogP contribution < -0.4 is 0 Å². The molecule has 2 fully saturated rings. The SMILES string of the molecule is COCCN1CCOCC2(C1)CN(C(=O)c1ccco1)CCO2. The van der Waals surface area contributed by atoms with Crippen LogP contribution in [0.3, 0.4) is 0 Å². The average Bonchev–Trinajstić information content (AvgIpc) is 3.03. The van der Waals surface area contributed by atoms with Gasteiger partial charge < -0.3 is 23.5 Å². The first-order valence-electron chi connectivity index (χ1n) is 7.98. The number of hydrogen-bond acceptors (Lipinski definition) is 6. The largest absolute Gasteiger partial charge is 0.459 e. The molecule has 0 saturated carbocycles. The van der Waals surface area contributed by atoms with Crippen LogP contribution in [0.4, 0.5) is 0 Å². The number of hydrogen-bond donors (Lipinski definition) is 0. The van der Waals surface area contributed by atoms with Gasteiger partial charge in [0.05, 0.1) is 39.2 Å². The zero-order valence-electron chi connectivity index (χ0n) is 13.5. The summed E-state index contributed by atoms with van der Waals surface area (Å²) in [6.07, 6.45) is 1.52. The Bertz CT molecular complexity index is 507. The fraction of sp³-hybridized carbons (Fsp3) is 0.688. The van der Waals surface area contributed by atoms with Crippen LogP contribution in [0, 0.1) is 0 Å². The van der Waals surface area contributed by atoms with Crippen LogP contribution in [0.1, 0.15) is 10.6 Å². The Morgan fingerprint density at radius 2 is 2.26 bits per heavy atom. The molecule has 0 radical (unpaired) electrons. The molecular formula is C16H24N2O5. The molecule has 1 atom stereocenters. The lowest BCUT2D eigenvalue weighted by Crippen LogP contribution is -2.60. The zero-order chi connectivity index (χ0) is 16.1. The molecule has 2 aliphatic heterocycles. The molecule has 1 amide bonds. The summed E-state index contributed by atoms with van der Waals surface area (Å²) in [7, 11) is 1.70. The summed E-state index contributed by atoms with van der Waals surface area (Å²) >= 11 is 0. The first-order chi connectivity index (χ1) is 11.2. The van der Waals surface area contributed by atoms with Crippen molar-refractivity contribution in [3.63, 3.8) is 0 Å². The van der Waals surface area contributed by atoms with Crippen LogP contribution in [0.15, 0.2) is 22.8 Å². The normalized spacial score (nSPS) is 26.4.